The van der Waals surface area contributed by atoms with Gasteiger partial charge in [-0.1, -0.05) is 0 Å². The van der Waals surface area contributed by atoms with E-state index >= 15 is 0 Å². The van der Waals surface area contributed by atoms with Crippen LogP contribution in [0.1, 0.15) is 26.2 Å². The Hall–Kier alpha value is -1.08. The Morgan fingerprint density at radius 2 is 1.77 bits per heavy atom. The van der Waals surface area contributed by atoms with Gasteiger partial charge in [-0.25, -0.2) is 16.8 Å². The number of guanidine groups is 1. The molecule has 2 N–H and O–H groups in total. The zero-order chi connectivity index (χ0) is 20.0. The summed E-state index contributed by atoms with van der Waals surface area (Å²) in [5.41, 5.74) is -5.29. The van der Waals surface area contributed by atoms with Crippen LogP contribution in [-0.2, 0) is 19.9 Å². The topological polar surface area (TPSA) is 108 Å². The Kier molecular flexibility index (Phi) is 8.14. The van der Waals surface area contributed by atoms with E-state index in [1.54, 1.807) is 0 Å². The van der Waals surface area contributed by atoms with Crippen molar-refractivity contribution in [3.05, 3.63) is 0 Å². The van der Waals surface area contributed by atoms with Gasteiger partial charge in [0.15, 0.2) is 5.96 Å². The first-order valence-electron chi connectivity index (χ1n) is 8.16. The second-order valence-electron chi connectivity index (χ2n) is 6.01. The summed E-state index contributed by atoms with van der Waals surface area (Å²) < 4.78 is 83.1. The van der Waals surface area contributed by atoms with Crippen LogP contribution in [-0.4, -0.2) is 76.8 Å². The minimum absolute atomic E-state index is 0.0175. The van der Waals surface area contributed by atoms with Crippen LogP contribution in [0, 0.1) is 0 Å². The average Bonchev–Trinajstić information content (AvgIpc) is 2.50. The summed E-state index contributed by atoms with van der Waals surface area (Å²) in [5, 5.41) is 6.02. The lowest BCUT2D eigenvalue weighted by atomic mass is 10.1. The molecule has 0 aromatic carbocycles. The number of piperidine rings is 1. The van der Waals surface area contributed by atoms with E-state index in [0.717, 1.165) is 6.26 Å². The number of rotatable bonds is 7. The monoisotopic (exact) mass is 422 g/mol. The fourth-order valence-corrected chi connectivity index (χ4v) is 4.06. The molecule has 13 heteroatoms. The van der Waals surface area contributed by atoms with Gasteiger partial charge in [-0.15, -0.1) is 0 Å². The van der Waals surface area contributed by atoms with E-state index in [1.165, 1.54) is 0 Å². The summed E-state index contributed by atoms with van der Waals surface area (Å²) in [6.07, 6.45) is 1.92. The van der Waals surface area contributed by atoms with Crippen molar-refractivity contribution in [1.82, 2.24) is 14.9 Å². The molecule has 1 aliphatic rings. The molecular weight excluding hydrogens is 397 g/mol. The molecule has 0 atom stereocenters. The third kappa shape index (κ3) is 7.27. The van der Waals surface area contributed by atoms with Crippen LogP contribution >= 0.6 is 0 Å². The summed E-state index contributed by atoms with van der Waals surface area (Å²) in [6, 6.07) is -0.220. The number of alkyl halides is 3. The van der Waals surface area contributed by atoms with Crippen molar-refractivity contribution < 1.29 is 30.0 Å². The fraction of sp³-hybridized carbons (Fsp3) is 0.923. The smallest absolute Gasteiger partial charge is 0.357 e. The lowest BCUT2D eigenvalue weighted by Gasteiger charge is -2.32. The lowest BCUT2D eigenvalue weighted by molar-refractivity contribution is -0.0494. The molecule has 1 saturated heterocycles. The molecule has 0 aromatic heterocycles. The first-order valence-corrected chi connectivity index (χ1v) is 11.7. The van der Waals surface area contributed by atoms with Gasteiger partial charge in [0, 0.05) is 38.5 Å². The molecule has 154 valence electrons. The Morgan fingerprint density at radius 1 is 1.19 bits per heavy atom. The molecule has 0 aliphatic carbocycles. The molecule has 1 rings (SSSR count). The van der Waals surface area contributed by atoms with E-state index in [9.17, 15) is 30.0 Å². The molecule has 0 aromatic rings. The highest BCUT2D eigenvalue weighted by Gasteiger charge is 2.50. The van der Waals surface area contributed by atoms with E-state index < -0.39 is 25.4 Å². The number of nitrogens with one attached hydrogen (secondary N) is 2. The Balaban J connectivity index is 2.57. The van der Waals surface area contributed by atoms with E-state index in [4.69, 9.17) is 0 Å². The molecule has 0 bridgehead atoms. The van der Waals surface area contributed by atoms with Crippen LogP contribution in [0.15, 0.2) is 4.99 Å². The van der Waals surface area contributed by atoms with E-state index in [1.807, 2.05) is 6.92 Å². The average molecular weight is 422 g/mol. The molecule has 1 heterocycles. The Morgan fingerprint density at radius 3 is 2.23 bits per heavy atom. The molecule has 0 saturated carbocycles. The highest BCUT2D eigenvalue weighted by atomic mass is 32.2. The van der Waals surface area contributed by atoms with Crippen molar-refractivity contribution in [2.24, 2.45) is 4.99 Å². The van der Waals surface area contributed by atoms with Crippen LogP contribution in [0.25, 0.3) is 0 Å². The van der Waals surface area contributed by atoms with Gasteiger partial charge in [-0.3, -0.25) is 4.99 Å². The van der Waals surface area contributed by atoms with Crippen LogP contribution < -0.4 is 10.6 Å². The number of halogens is 3. The fourth-order valence-electron chi connectivity index (χ4n) is 2.42. The zero-order valence-corrected chi connectivity index (χ0v) is 16.3. The van der Waals surface area contributed by atoms with Crippen LogP contribution in [0.3, 0.4) is 0 Å². The molecule has 8 nitrogen and oxygen atoms in total. The van der Waals surface area contributed by atoms with Crippen LogP contribution in [0.4, 0.5) is 13.2 Å². The van der Waals surface area contributed by atoms with Gasteiger partial charge in [0.1, 0.15) is 9.84 Å². The summed E-state index contributed by atoms with van der Waals surface area (Å²) in [5.74, 6) is 0.446. The van der Waals surface area contributed by atoms with E-state index in [-0.39, 0.29) is 44.3 Å². The van der Waals surface area contributed by atoms with Gasteiger partial charge in [-0.2, -0.15) is 17.5 Å². The normalized spacial score (nSPS) is 18.7. The summed E-state index contributed by atoms with van der Waals surface area (Å²) in [6.45, 7) is 2.22. The SMILES string of the molecule is CCNC(=NCCCS(C)(=O)=O)NC1CCN(S(=O)(=O)C(F)(F)F)CC1. The molecule has 1 aliphatic heterocycles. The first kappa shape index (κ1) is 23.0. The quantitative estimate of drug-likeness (QED) is 0.347. The predicted molar refractivity (Wildman–Crippen MR) is 93.0 cm³/mol. The third-order valence-corrected chi connectivity index (χ3v) is 6.37. The lowest BCUT2D eigenvalue weighted by Crippen LogP contribution is -2.51. The maximum Gasteiger partial charge on any atom is 0.511 e. The maximum atomic E-state index is 12.6. The number of aliphatic imine (C=N–C) groups is 1. The van der Waals surface area contributed by atoms with Crippen molar-refractivity contribution in [2.75, 3.05) is 38.2 Å². The third-order valence-electron chi connectivity index (χ3n) is 3.71. The Labute approximate surface area is 152 Å². The zero-order valence-electron chi connectivity index (χ0n) is 14.7. The van der Waals surface area contributed by atoms with Gasteiger partial charge in [0.05, 0.1) is 5.75 Å². The molecule has 0 spiro atoms. The number of hydrogen-bond donors (Lipinski definition) is 2. The van der Waals surface area contributed by atoms with E-state index in [2.05, 4.69) is 15.6 Å². The number of nitrogens with zero attached hydrogens (tertiary/aromatic N) is 2. The second-order valence-corrected chi connectivity index (χ2v) is 10.2. The molecule has 0 radical (unpaired) electrons. The standard InChI is InChI=1S/C13H25F3N4O4S2/c1-3-17-12(18-7-4-10-25(2,21)22)19-11-5-8-20(9-6-11)26(23,24)13(14,15)16/h11H,3-10H2,1-2H3,(H2,17,18,19). The summed E-state index contributed by atoms with van der Waals surface area (Å²) in [4.78, 5) is 4.24. The highest BCUT2D eigenvalue weighted by Crippen LogP contribution is 2.28. The van der Waals surface area contributed by atoms with Crippen LogP contribution in [0.2, 0.25) is 0 Å². The highest BCUT2D eigenvalue weighted by molar-refractivity contribution is 7.90. The van der Waals surface area contributed by atoms with E-state index in [0.29, 0.717) is 23.2 Å². The van der Waals surface area contributed by atoms with Crippen LogP contribution in [0.5, 0.6) is 0 Å². The predicted octanol–water partition coefficient (Wildman–Crippen LogP) is 0.290. The van der Waals surface area contributed by atoms with Crippen molar-refractivity contribution in [3.8, 4) is 0 Å². The van der Waals surface area contributed by atoms with Gasteiger partial charge in [0.25, 0.3) is 0 Å². The Bertz CT molecular complexity index is 685. The number of sulfone groups is 1. The van der Waals surface area contributed by atoms with Crippen molar-refractivity contribution in [3.63, 3.8) is 0 Å². The largest absolute Gasteiger partial charge is 0.511 e. The van der Waals surface area contributed by atoms with Gasteiger partial charge >= 0.3 is 15.5 Å². The number of hydrogen-bond acceptors (Lipinski definition) is 5. The van der Waals surface area contributed by atoms with Crippen molar-refractivity contribution in [1.29, 1.82) is 0 Å². The molecule has 1 fully saturated rings. The molecule has 0 unspecified atom stereocenters. The number of sulfonamides is 1. The van der Waals surface area contributed by atoms with Gasteiger partial charge < -0.3 is 10.6 Å². The van der Waals surface area contributed by atoms with Crippen molar-refractivity contribution in [2.45, 2.75) is 37.7 Å². The first-order chi connectivity index (χ1) is 11.9. The molecule has 0 amide bonds. The van der Waals surface area contributed by atoms with Gasteiger partial charge in [-0.05, 0) is 26.2 Å². The summed E-state index contributed by atoms with van der Waals surface area (Å²) in [7, 11) is -8.35. The minimum atomic E-state index is -5.29. The van der Waals surface area contributed by atoms with Crippen molar-refractivity contribution >= 4 is 25.8 Å². The maximum absolute atomic E-state index is 12.6. The second kappa shape index (κ2) is 9.22. The molecular formula is C13H25F3N4O4S2. The summed E-state index contributed by atoms with van der Waals surface area (Å²) >= 11 is 0. The van der Waals surface area contributed by atoms with Gasteiger partial charge in [0.2, 0.25) is 0 Å². The minimum Gasteiger partial charge on any atom is -0.357 e. The molecule has 26 heavy (non-hydrogen) atoms.